The second-order valence-corrected chi connectivity index (χ2v) is 9.55. The van der Waals surface area contributed by atoms with Crippen LogP contribution in [0, 0.1) is 0 Å². The molecule has 0 aliphatic heterocycles. The van der Waals surface area contributed by atoms with Gasteiger partial charge in [-0.3, -0.25) is 4.57 Å². The number of nitrogens with zero attached hydrogens (tertiary/aromatic N) is 5. The summed E-state index contributed by atoms with van der Waals surface area (Å²) in [5, 5.41) is 10.8. The molecule has 1 aromatic carbocycles. The van der Waals surface area contributed by atoms with Gasteiger partial charge in [-0.05, 0) is 43.2 Å². The van der Waals surface area contributed by atoms with Gasteiger partial charge in [-0.1, -0.05) is 42.6 Å². The Balaban J connectivity index is 1.47. The predicted molar refractivity (Wildman–Crippen MR) is 130 cm³/mol. The van der Waals surface area contributed by atoms with E-state index in [4.69, 9.17) is 26.1 Å². The SMILES string of the molecule is COc1ccc(-c2nnc(SCc3cn4cc(Cl)ccc4n3)n2C2CCCCC2)cc1OC. The molecule has 5 rings (SSSR count). The monoisotopic (exact) mass is 483 g/mol. The number of methoxy groups -OCH3 is 2. The Kier molecular flexibility index (Phi) is 6.46. The fourth-order valence-corrected chi connectivity index (χ4v) is 5.50. The van der Waals surface area contributed by atoms with Gasteiger partial charge < -0.3 is 13.9 Å². The lowest BCUT2D eigenvalue weighted by atomic mass is 9.95. The van der Waals surface area contributed by atoms with Crippen molar-refractivity contribution in [3.63, 3.8) is 0 Å². The van der Waals surface area contributed by atoms with Crippen molar-refractivity contribution in [2.45, 2.75) is 49.1 Å². The Morgan fingerprint density at radius 1 is 1.00 bits per heavy atom. The highest BCUT2D eigenvalue weighted by Gasteiger charge is 2.24. The van der Waals surface area contributed by atoms with Crippen LogP contribution in [0.1, 0.15) is 43.8 Å². The van der Waals surface area contributed by atoms with E-state index in [1.807, 2.05) is 47.1 Å². The van der Waals surface area contributed by atoms with Crippen molar-refractivity contribution in [2.24, 2.45) is 0 Å². The summed E-state index contributed by atoms with van der Waals surface area (Å²) in [6.07, 6.45) is 9.91. The molecule has 1 fully saturated rings. The first-order chi connectivity index (χ1) is 16.2. The second kappa shape index (κ2) is 9.65. The van der Waals surface area contributed by atoms with Gasteiger partial charge in [0, 0.05) is 29.8 Å². The number of hydrogen-bond donors (Lipinski definition) is 0. The second-order valence-electron chi connectivity index (χ2n) is 8.17. The summed E-state index contributed by atoms with van der Waals surface area (Å²) >= 11 is 7.79. The van der Waals surface area contributed by atoms with Gasteiger partial charge in [0.25, 0.3) is 0 Å². The molecular weight excluding hydrogens is 458 g/mol. The molecule has 33 heavy (non-hydrogen) atoms. The van der Waals surface area contributed by atoms with Crippen LogP contribution in [0.5, 0.6) is 11.5 Å². The van der Waals surface area contributed by atoms with E-state index in [0.29, 0.717) is 28.3 Å². The van der Waals surface area contributed by atoms with Crippen LogP contribution in [-0.2, 0) is 5.75 Å². The maximum Gasteiger partial charge on any atom is 0.192 e. The van der Waals surface area contributed by atoms with E-state index in [1.54, 1.807) is 26.0 Å². The van der Waals surface area contributed by atoms with Crippen LogP contribution in [0.4, 0.5) is 0 Å². The minimum absolute atomic E-state index is 0.388. The van der Waals surface area contributed by atoms with Crippen molar-refractivity contribution >= 4 is 29.0 Å². The van der Waals surface area contributed by atoms with E-state index in [-0.39, 0.29) is 0 Å². The van der Waals surface area contributed by atoms with Gasteiger partial charge in [0.1, 0.15) is 5.65 Å². The molecule has 0 unspecified atom stereocenters. The molecule has 1 aliphatic rings. The summed E-state index contributed by atoms with van der Waals surface area (Å²) in [6.45, 7) is 0. The van der Waals surface area contributed by atoms with E-state index < -0.39 is 0 Å². The van der Waals surface area contributed by atoms with Gasteiger partial charge in [0.05, 0.1) is 24.9 Å². The zero-order valence-corrected chi connectivity index (χ0v) is 20.3. The number of halogens is 1. The Morgan fingerprint density at radius 3 is 2.61 bits per heavy atom. The number of rotatable bonds is 7. The summed E-state index contributed by atoms with van der Waals surface area (Å²) in [6, 6.07) is 10.1. The fourth-order valence-electron chi connectivity index (χ4n) is 4.44. The van der Waals surface area contributed by atoms with Gasteiger partial charge >= 0.3 is 0 Å². The third-order valence-electron chi connectivity index (χ3n) is 6.06. The maximum absolute atomic E-state index is 6.12. The fraction of sp³-hybridized carbons (Fsp3) is 0.375. The van der Waals surface area contributed by atoms with Crippen LogP contribution in [0.3, 0.4) is 0 Å². The molecule has 3 aromatic heterocycles. The van der Waals surface area contributed by atoms with E-state index >= 15 is 0 Å². The smallest absolute Gasteiger partial charge is 0.192 e. The van der Waals surface area contributed by atoms with E-state index in [2.05, 4.69) is 14.8 Å². The number of ether oxygens (including phenoxy) is 2. The average Bonchev–Trinajstić information content (AvgIpc) is 3.46. The molecule has 1 saturated carbocycles. The maximum atomic E-state index is 6.12. The summed E-state index contributed by atoms with van der Waals surface area (Å²) in [5.41, 5.74) is 2.84. The molecule has 0 radical (unpaired) electrons. The van der Waals surface area contributed by atoms with Crippen molar-refractivity contribution in [1.82, 2.24) is 24.1 Å². The van der Waals surface area contributed by atoms with Gasteiger partial charge in [-0.25, -0.2) is 4.98 Å². The summed E-state index contributed by atoms with van der Waals surface area (Å²) in [5.74, 6) is 2.96. The highest BCUT2D eigenvalue weighted by molar-refractivity contribution is 7.98. The molecule has 0 atom stereocenters. The molecule has 0 bridgehead atoms. The molecule has 3 heterocycles. The van der Waals surface area contributed by atoms with Crippen molar-refractivity contribution in [3.8, 4) is 22.9 Å². The average molecular weight is 484 g/mol. The summed E-state index contributed by atoms with van der Waals surface area (Å²) < 4.78 is 15.2. The van der Waals surface area contributed by atoms with Crippen molar-refractivity contribution in [3.05, 3.63) is 53.4 Å². The molecule has 0 saturated heterocycles. The van der Waals surface area contributed by atoms with Gasteiger partial charge in [-0.2, -0.15) is 0 Å². The number of aromatic nitrogens is 5. The molecule has 1 aliphatic carbocycles. The molecule has 172 valence electrons. The number of hydrogen-bond acceptors (Lipinski definition) is 6. The van der Waals surface area contributed by atoms with Crippen LogP contribution in [0.2, 0.25) is 5.02 Å². The van der Waals surface area contributed by atoms with E-state index in [9.17, 15) is 0 Å². The summed E-state index contributed by atoms with van der Waals surface area (Å²) in [7, 11) is 3.29. The van der Waals surface area contributed by atoms with Crippen LogP contribution < -0.4 is 9.47 Å². The van der Waals surface area contributed by atoms with Gasteiger partial charge in [-0.15, -0.1) is 10.2 Å². The minimum Gasteiger partial charge on any atom is -0.493 e. The number of benzene rings is 1. The Labute approximate surface area is 202 Å². The van der Waals surface area contributed by atoms with E-state index in [0.717, 1.165) is 40.7 Å². The zero-order chi connectivity index (χ0) is 22.8. The van der Waals surface area contributed by atoms with Crippen LogP contribution in [-0.4, -0.2) is 38.4 Å². The molecule has 9 heteroatoms. The molecule has 0 amide bonds. The standard InChI is InChI=1S/C24H26ClN5O2S/c1-31-20-10-8-16(12-21(20)32-2)23-27-28-24(30(23)19-6-4-3-5-7-19)33-15-18-14-29-13-17(25)9-11-22(29)26-18/h8-14,19H,3-7,15H2,1-2H3. The normalized spacial score (nSPS) is 14.6. The Hall–Kier alpha value is -2.71. The zero-order valence-electron chi connectivity index (χ0n) is 18.7. The summed E-state index contributed by atoms with van der Waals surface area (Å²) in [4.78, 5) is 4.71. The lowest BCUT2D eigenvalue weighted by Crippen LogP contribution is -2.15. The van der Waals surface area contributed by atoms with Gasteiger partial charge in [0.2, 0.25) is 0 Å². The first-order valence-corrected chi connectivity index (χ1v) is 12.5. The molecule has 0 spiro atoms. The molecule has 0 N–H and O–H groups in total. The largest absolute Gasteiger partial charge is 0.493 e. The Bertz CT molecular complexity index is 1270. The lowest BCUT2D eigenvalue weighted by Gasteiger charge is -2.25. The molecular formula is C24H26ClN5O2S. The van der Waals surface area contributed by atoms with Crippen LogP contribution in [0.15, 0.2) is 47.9 Å². The number of imidazole rings is 1. The number of pyridine rings is 1. The predicted octanol–water partition coefficient (Wildman–Crippen LogP) is 6.06. The quantitative estimate of drug-likeness (QED) is 0.297. The number of fused-ring (bicyclic) bond motifs is 1. The topological polar surface area (TPSA) is 66.5 Å². The third-order valence-corrected chi connectivity index (χ3v) is 7.26. The van der Waals surface area contributed by atoms with Crippen molar-refractivity contribution in [1.29, 1.82) is 0 Å². The van der Waals surface area contributed by atoms with Crippen LogP contribution >= 0.6 is 23.4 Å². The van der Waals surface area contributed by atoms with Crippen molar-refractivity contribution in [2.75, 3.05) is 14.2 Å². The highest BCUT2D eigenvalue weighted by atomic mass is 35.5. The lowest BCUT2D eigenvalue weighted by molar-refractivity contribution is 0.339. The first kappa shape index (κ1) is 22.1. The van der Waals surface area contributed by atoms with E-state index in [1.165, 1.54) is 19.3 Å². The molecule has 7 nitrogen and oxygen atoms in total. The van der Waals surface area contributed by atoms with Crippen molar-refractivity contribution < 1.29 is 9.47 Å². The van der Waals surface area contributed by atoms with Gasteiger partial charge in [0.15, 0.2) is 22.5 Å². The van der Waals surface area contributed by atoms with Crippen LogP contribution in [0.25, 0.3) is 17.0 Å². The molecule has 4 aromatic rings. The first-order valence-electron chi connectivity index (χ1n) is 11.1. The highest BCUT2D eigenvalue weighted by Crippen LogP contribution is 2.38. The Morgan fingerprint density at radius 2 is 1.82 bits per heavy atom. The number of thioether (sulfide) groups is 1. The third kappa shape index (κ3) is 4.54. The minimum atomic E-state index is 0.388.